The van der Waals surface area contributed by atoms with Crippen molar-refractivity contribution in [2.45, 2.75) is 0 Å². The number of hydrogen-bond acceptors (Lipinski definition) is 4. The highest BCUT2D eigenvalue weighted by Gasteiger charge is 2.24. The maximum atomic E-state index is 6.72. The van der Waals surface area contributed by atoms with Crippen LogP contribution in [0.3, 0.4) is 0 Å². The van der Waals surface area contributed by atoms with Crippen LogP contribution in [0.2, 0.25) is 0 Å². The first-order valence-electron chi connectivity index (χ1n) is 19.5. The molecule has 0 saturated heterocycles. The van der Waals surface area contributed by atoms with E-state index >= 15 is 0 Å². The van der Waals surface area contributed by atoms with E-state index < -0.39 is 0 Å². The van der Waals surface area contributed by atoms with Crippen LogP contribution in [0.4, 0.5) is 0 Å². The highest BCUT2D eigenvalue weighted by atomic mass is 16.5. The van der Waals surface area contributed by atoms with Crippen molar-refractivity contribution in [1.29, 1.82) is 0 Å². The van der Waals surface area contributed by atoms with Crippen molar-refractivity contribution in [2.24, 2.45) is 0 Å². The van der Waals surface area contributed by atoms with E-state index in [2.05, 4.69) is 162 Å². The van der Waals surface area contributed by atoms with Gasteiger partial charge in [-0.3, -0.25) is 0 Å². The Labute approximate surface area is 334 Å². The van der Waals surface area contributed by atoms with Gasteiger partial charge in [-0.1, -0.05) is 140 Å². The Kier molecular flexibility index (Phi) is 7.16. The smallest absolute Gasteiger partial charge is 0.164 e. The van der Waals surface area contributed by atoms with Crippen LogP contribution < -0.4 is 4.74 Å². The van der Waals surface area contributed by atoms with Gasteiger partial charge in [0.25, 0.3) is 0 Å². The average molecular weight is 741 g/mol. The second-order valence-corrected chi connectivity index (χ2v) is 14.8. The molecular formula is C53H32N4O. The van der Waals surface area contributed by atoms with E-state index in [1.807, 2.05) is 36.4 Å². The number of para-hydroxylation sites is 1. The zero-order valence-corrected chi connectivity index (χ0v) is 31.2. The van der Waals surface area contributed by atoms with E-state index in [9.17, 15) is 0 Å². The SMILES string of the molecule is c1ccc(-c2ccc3c(c2)c2ccccc2n3-c2ccc3c4c(cccc24)-c2cc(-c4nc(-c5ccccc5)nc(-c5ccc6ccccc6c5)n4)ccc2O3)cc1. The van der Waals surface area contributed by atoms with Crippen molar-refractivity contribution in [3.8, 4) is 73.6 Å². The third-order valence-corrected chi connectivity index (χ3v) is 11.4. The molecule has 0 aliphatic carbocycles. The lowest BCUT2D eigenvalue weighted by molar-refractivity contribution is 0.487. The largest absolute Gasteiger partial charge is 0.456 e. The monoisotopic (exact) mass is 740 g/mol. The summed E-state index contributed by atoms with van der Waals surface area (Å²) in [7, 11) is 0. The van der Waals surface area contributed by atoms with Gasteiger partial charge in [-0.2, -0.15) is 0 Å². The molecule has 58 heavy (non-hydrogen) atoms. The second kappa shape index (κ2) is 12.8. The molecule has 0 saturated carbocycles. The lowest BCUT2D eigenvalue weighted by Gasteiger charge is -2.23. The molecule has 5 nitrogen and oxygen atoms in total. The summed E-state index contributed by atoms with van der Waals surface area (Å²) in [6, 6.07) is 68.1. The van der Waals surface area contributed by atoms with Crippen molar-refractivity contribution in [1.82, 2.24) is 19.5 Å². The Hall–Kier alpha value is -7.89. The van der Waals surface area contributed by atoms with E-state index in [4.69, 9.17) is 19.7 Å². The van der Waals surface area contributed by atoms with Gasteiger partial charge in [-0.05, 0) is 82.1 Å². The van der Waals surface area contributed by atoms with Crippen LogP contribution in [0.5, 0.6) is 11.5 Å². The summed E-state index contributed by atoms with van der Waals surface area (Å²) in [6.45, 7) is 0. The minimum absolute atomic E-state index is 0.603. The van der Waals surface area contributed by atoms with Gasteiger partial charge in [-0.25, -0.2) is 15.0 Å². The van der Waals surface area contributed by atoms with Crippen molar-refractivity contribution in [3.63, 3.8) is 0 Å². The van der Waals surface area contributed by atoms with Crippen molar-refractivity contribution in [3.05, 3.63) is 194 Å². The van der Waals surface area contributed by atoms with Gasteiger partial charge in [0.2, 0.25) is 0 Å². The molecule has 0 bridgehead atoms. The summed E-state index contributed by atoms with van der Waals surface area (Å²) in [5.41, 5.74) is 10.7. The quantitative estimate of drug-likeness (QED) is 0.176. The summed E-state index contributed by atoms with van der Waals surface area (Å²) in [5.74, 6) is 3.50. The molecule has 0 radical (unpaired) electrons. The van der Waals surface area contributed by atoms with Gasteiger partial charge in [-0.15, -0.1) is 0 Å². The normalized spacial score (nSPS) is 11.9. The molecule has 5 heteroatoms. The first-order valence-corrected chi connectivity index (χ1v) is 19.5. The predicted molar refractivity (Wildman–Crippen MR) is 236 cm³/mol. The number of hydrogen-bond donors (Lipinski definition) is 0. The molecule has 0 amide bonds. The maximum absolute atomic E-state index is 6.72. The molecule has 0 atom stereocenters. The molecular weight excluding hydrogens is 709 g/mol. The lowest BCUT2D eigenvalue weighted by Crippen LogP contribution is -2.02. The van der Waals surface area contributed by atoms with Crippen LogP contribution in [0.25, 0.3) is 105 Å². The summed E-state index contributed by atoms with van der Waals surface area (Å²) in [6.07, 6.45) is 0. The first kappa shape index (κ1) is 32.4. The van der Waals surface area contributed by atoms with Crippen molar-refractivity contribution in [2.75, 3.05) is 0 Å². The van der Waals surface area contributed by atoms with Crippen LogP contribution in [-0.4, -0.2) is 19.5 Å². The lowest BCUT2D eigenvalue weighted by atomic mass is 9.92. The molecule has 9 aromatic carbocycles. The van der Waals surface area contributed by atoms with Gasteiger partial charge in [0.05, 0.1) is 16.7 Å². The Morgan fingerprint density at radius 3 is 1.79 bits per heavy atom. The molecule has 0 N–H and O–H groups in total. The molecule has 0 unspecified atom stereocenters. The van der Waals surface area contributed by atoms with E-state index in [0.29, 0.717) is 17.5 Å². The molecule has 11 aromatic rings. The standard InChI is InChI=1S/C53H32N4O/c1-3-12-33(13-4-1)37-24-26-47-43(31-37)40-18-9-10-21-45(40)57(47)46-27-29-49-50-41(19-11-20-42(46)50)44-32-39(25-28-48(44)58-49)53-55-51(35-15-5-2-6-16-35)54-52(56-53)38-23-22-34-14-7-8-17-36(34)30-38/h1-32H. The Balaban J connectivity index is 1.02. The van der Waals surface area contributed by atoms with Gasteiger partial charge in [0.15, 0.2) is 17.5 Å². The van der Waals surface area contributed by atoms with E-state index in [1.165, 1.54) is 27.3 Å². The number of benzene rings is 9. The highest BCUT2D eigenvalue weighted by molar-refractivity contribution is 6.14. The second-order valence-electron chi connectivity index (χ2n) is 14.8. The molecule has 0 spiro atoms. The van der Waals surface area contributed by atoms with E-state index in [-0.39, 0.29) is 0 Å². The fraction of sp³-hybridized carbons (Fsp3) is 0. The summed E-state index contributed by atoms with van der Waals surface area (Å²) in [5, 5.41) is 6.95. The molecule has 1 aliphatic rings. The van der Waals surface area contributed by atoms with Crippen LogP contribution in [0.1, 0.15) is 0 Å². The molecule has 3 heterocycles. The summed E-state index contributed by atoms with van der Waals surface area (Å²) in [4.78, 5) is 15.2. The number of rotatable bonds is 5. The number of ether oxygens (including phenoxy) is 1. The number of nitrogens with zero attached hydrogens (tertiary/aromatic N) is 4. The predicted octanol–water partition coefficient (Wildman–Crippen LogP) is 13.7. The molecule has 2 aromatic heterocycles. The van der Waals surface area contributed by atoms with Crippen LogP contribution >= 0.6 is 0 Å². The minimum Gasteiger partial charge on any atom is -0.456 e. The highest BCUT2D eigenvalue weighted by Crippen LogP contribution is 2.49. The van der Waals surface area contributed by atoms with Crippen LogP contribution in [-0.2, 0) is 0 Å². The molecule has 270 valence electrons. The molecule has 12 rings (SSSR count). The molecule has 0 fully saturated rings. The zero-order chi connectivity index (χ0) is 38.2. The summed E-state index contributed by atoms with van der Waals surface area (Å²) >= 11 is 0. The van der Waals surface area contributed by atoms with Gasteiger partial charge in [0.1, 0.15) is 11.5 Å². The van der Waals surface area contributed by atoms with Crippen LogP contribution in [0.15, 0.2) is 194 Å². The maximum Gasteiger partial charge on any atom is 0.164 e. The van der Waals surface area contributed by atoms with Crippen LogP contribution in [0, 0.1) is 0 Å². The van der Waals surface area contributed by atoms with E-state index in [0.717, 1.165) is 72.2 Å². The third kappa shape index (κ3) is 5.14. The molecule has 1 aliphatic heterocycles. The first-order chi connectivity index (χ1) is 28.7. The number of fused-ring (bicyclic) bond motifs is 6. The Bertz CT molecular complexity index is 3430. The zero-order valence-electron chi connectivity index (χ0n) is 31.2. The van der Waals surface area contributed by atoms with Crippen molar-refractivity contribution < 1.29 is 4.74 Å². The Morgan fingerprint density at radius 2 is 0.966 bits per heavy atom. The van der Waals surface area contributed by atoms with Gasteiger partial charge < -0.3 is 9.30 Å². The Morgan fingerprint density at radius 1 is 0.345 bits per heavy atom. The topological polar surface area (TPSA) is 52.8 Å². The van der Waals surface area contributed by atoms with Gasteiger partial charge in [0, 0.05) is 43.8 Å². The fourth-order valence-corrected chi connectivity index (χ4v) is 8.67. The average Bonchev–Trinajstić information content (AvgIpc) is 3.63. The van der Waals surface area contributed by atoms with Gasteiger partial charge >= 0.3 is 0 Å². The fourth-order valence-electron chi connectivity index (χ4n) is 8.67. The third-order valence-electron chi connectivity index (χ3n) is 11.4. The number of aromatic nitrogens is 4. The van der Waals surface area contributed by atoms with E-state index in [1.54, 1.807) is 0 Å². The summed E-state index contributed by atoms with van der Waals surface area (Å²) < 4.78 is 9.12. The minimum atomic E-state index is 0.603. The van der Waals surface area contributed by atoms with Crippen molar-refractivity contribution >= 4 is 43.4 Å².